The quantitative estimate of drug-likeness (QED) is 0.745. The highest BCUT2D eigenvalue weighted by Crippen LogP contribution is 2.21. The van der Waals surface area contributed by atoms with Gasteiger partial charge in [0.1, 0.15) is 21.3 Å². The molecule has 1 aliphatic rings. The number of nitrogens with zero attached hydrogens (tertiary/aromatic N) is 1. The number of hydrogen-bond donors (Lipinski definition) is 0. The van der Waals surface area contributed by atoms with Crippen molar-refractivity contribution in [3.63, 3.8) is 0 Å². The number of carbonyl (C=O) groups is 1. The van der Waals surface area contributed by atoms with Gasteiger partial charge in [0.15, 0.2) is 0 Å². The van der Waals surface area contributed by atoms with Crippen molar-refractivity contribution < 1.29 is 22.7 Å². The SMILES string of the molecule is COc1ccc(OCC2CCN(C(=O)CCS(C)(=O)=O)CC2)cc1. The molecule has 1 aromatic carbocycles. The number of benzene rings is 1. The number of ether oxygens (including phenoxy) is 2. The van der Waals surface area contributed by atoms with Gasteiger partial charge in [0.25, 0.3) is 0 Å². The molecule has 1 aliphatic heterocycles. The smallest absolute Gasteiger partial charge is 0.223 e. The fraction of sp³-hybridized carbons (Fsp3) is 0.588. The number of methoxy groups -OCH3 is 1. The van der Waals surface area contributed by atoms with Gasteiger partial charge in [-0.15, -0.1) is 0 Å². The zero-order valence-corrected chi connectivity index (χ0v) is 15.0. The van der Waals surface area contributed by atoms with Crippen LogP contribution < -0.4 is 9.47 Å². The third-order valence-corrected chi connectivity index (χ3v) is 5.14. The minimum atomic E-state index is -3.09. The predicted molar refractivity (Wildman–Crippen MR) is 92.1 cm³/mol. The normalized spacial score (nSPS) is 16.0. The van der Waals surface area contributed by atoms with Crippen molar-refractivity contribution in [2.75, 3.05) is 38.8 Å². The van der Waals surface area contributed by atoms with E-state index in [4.69, 9.17) is 9.47 Å². The van der Waals surface area contributed by atoms with E-state index in [0.717, 1.165) is 30.6 Å². The first kappa shape index (κ1) is 18.6. The molecule has 0 spiro atoms. The zero-order chi connectivity index (χ0) is 17.6. The van der Waals surface area contributed by atoms with Gasteiger partial charge < -0.3 is 14.4 Å². The van der Waals surface area contributed by atoms with E-state index in [1.807, 2.05) is 24.3 Å². The Morgan fingerprint density at radius 1 is 1.17 bits per heavy atom. The highest BCUT2D eigenvalue weighted by molar-refractivity contribution is 7.90. The molecule has 1 amide bonds. The molecule has 1 aromatic rings. The maximum Gasteiger partial charge on any atom is 0.223 e. The second-order valence-corrected chi connectivity index (χ2v) is 8.45. The Morgan fingerprint density at radius 2 is 1.75 bits per heavy atom. The number of hydrogen-bond acceptors (Lipinski definition) is 5. The van der Waals surface area contributed by atoms with Gasteiger partial charge in [-0.3, -0.25) is 4.79 Å². The Hall–Kier alpha value is -1.76. The fourth-order valence-electron chi connectivity index (χ4n) is 2.67. The van der Waals surface area contributed by atoms with Gasteiger partial charge in [0.2, 0.25) is 5.91 Å². The van der Waals surface area contributed by atoms with Gasteiger partial charge in [-0.1, -0.05) is 0 Å². The highest BCUT2D eigenvalue weighted by Gasteiger charge is 2.23. The lowest BCUT2D eigenvalue weighted by Gasteiger charge is -2.32. The molecule has 0 bridgehead atoms. The van der Waals surface area contributed by atoms with Gasteiger partial charge >= 0.3 is 0 Å². The molecule has 7 heteroatoms. The summed E-state index contributed by atoms with van der Waals surface area (Å²) >= 11 is 0. The van der Waals surface area contributed by atoms with E-state index >= 15 is 0 Å². The first-order valence-corrected chi connectivity index (χ1v) is 10.2. The summed E-state index contributed by atoms with van der Waals surface area (Å²) in [6.07, 6.45) is 2.98. The number of likely N-dealkylation sites (tertiary alicyclic amines) is 1. The second-order valence-electron chi connectivity index (χ2n) is 6.19. The molecule has 0 saturated carbocycles. The summed E-state index contributed by atoms with van der Waals surface area (Å²) in [4.78, 5) is 13.8. The van der Waals surface area contributed by atoms with Crippen LogP contribution in [-0.2, 0) is 14.6 Å². The van der Waals surface area contributed by atoms with Gasteiger partial charge in [-0.2, -0.15) is 0 Å². The Kier molecular flexibility index (Phi) is 6.48. The van der Waals surface area contributed by atoms with Crippen LogP contribution in [0, 0.1) is 5.92 Å². The Balaban J connectivity index is 1.71. The van der Waals surface area contributed by atoms with Gasteiger partial charge in [-0.05, 0) is 43.0 Å². The molecule has 1 heterocycles. The maximum absolute atomic E-state index is 12.0. The molecule has 0 N–H and O–H groups in total. The lowest BCUT2D eigenvalue weighted by molar-refractivity contribution is -0.132. The summed E-state index contributed by atoms with van der Waals surface area (Å²) in [5.41, 5.74) is 0. The van der Waals surface area contributed by atoms with Crippen molar-refractivity contribution in [3.05, 3.63) is 24.3 Å². The second kappa shape index (κ2) is 8.37. The molecule has 6 nitrogen and oxygen atoms in total. The van der Waals surface area contributed by atoms with Gasteiger partial charge in [0, 0.05) is 25.8 Å². The number of sulfone groups is 1. The molecule has 0 aliphatic carbocycles. The minimum absolute atomic E-state index is 0.0741. The summed E-state index contributed by atoms with van der Waals surface area (Å²) < 4.78 is 33.2. The lowest BCUT2D eigenvalue weighted by Crippen LogP contribution is -2.40. The van der Waals surface area contributed by atoms with Crippen molar-refractivity contribution in [1.29, 1.82) is 0 Å². The number of piperidine rings is 1. The highest BCUT2D eigenvalue weighted by atomic mass is 32.2. The van der Waals surface area contributed by atoms with Crippen molar-refractivity contribution in [2.45, 2.75) is 19.3 Å². The number of carbonyl (C=O) groups excluding carboxylic acids is 1. The van der Waals surface area contributed by atoms with Crippen LogP contribution in [0.15, 0.2) is 24.3 Å². The Bertz CT molecular complexity index is 633. The molecule has 0 aromatic heterocycles. The zero-order valence-electron chi connectivity index (χ0n) is 14.2. The van der Waals surface area contributed by atoms with E-state index in [1.54, 1.807) is 12.0 Å². The van der Waals surface area contributed by atoms with Crippen LogP contribution in [-0.4, -0.2) is 58.0 Å². The van der Waals surface area contributed by atoms with Crippen molar-refractivity contribution in [3.8, 4) is 11.5 Å². The lowest BCUT2D eigenvalue weighted by atomic mass is 9.97. The minimum Gasteiger partial charge on any atom is -0.497 e. The third kappa shape index (κ3) is 6.03. The van der Waals surface area contributed by atoms with E-state index in [-0.39, 0.29) is 18.1 Å². The molecule has 0 unspecified atom stereocenters. The van der Waals surface area contributed by atoms with Crippen LogP contribution >= 0.6 is 0 Å². The molecule has 134 valence electrons. The van der Waals surface area contributed by atoms with E-state index in [2.05, 4.69) is 0 Å². The molecule has 0 atom stereocenters. The molecular weight excluding hydrogens is 330 g/mol. The third-order valence-electron chi connectivity index (χ3n) is 4.20. The molecule has 1 fully saturated rings. The number of rotatable bonds is 7. The van der Waals surface area contributed by atoms with E-state index in [9.17, 15) is 13.2 Å². The summed E-state index contributed by atoms with van der Waals surface area (Å²) in [7, 11) is -1.46. The fourth-order valence-corrected chi connectivity index (χ4v) is 3.21. The largest absolute Gasteiger partial charge is 0.497 e. The van der Waals surface area contributed by atoms with Crippen LogP contribution in [0.4, 0.5) is 0 Å². The van der Waals surface area contributed by atoms with Crippen LogP contribution in [0.1, 0.15) is 19.3 Å². The predicted octanol–water partition coefficient (Wildman–Crippen LogP) is 1.75. The molecular formula is C17H25NO5S. The summed E-state index contributed by atoms with van der Waals surface area (Å²) in [6.45, 7) is 1.95. The Labute approximate surface area is 143 Å². The summed E-state index contributed by atoms with van der Waals surface area (Å²) in [5, 5.41) is 0. The molecule has 2 rings (SSSR count). The molecule has 0 radical (unpaired) electrons. The summed E-state index contributed by atoms with van der Waals surface area (Å²) in [6, 6.07) is 7.47. The first-order valence-electron chi connectivity index (χ1n) is 8.10. The van der Waals surface area contributed by atoms with Crippen LogP contribution in [0.2, 0.25) is 0 Å². The van der Waals surface area contributed by atoms with Crippen LogP contribution in [0.5, 0.6) is 11.5 Å². The van der Waals surface area contributed by atoms with Crippen molar-refractivity contribution >= 4 is 15.7 Å². The van der Waals surface area contributed by atoms with E-state index in [0.29, 0.717) is 25.6 Å². The Morgan fingerprint density at radius 3 is 2.29 bits per heavy atom. The van der Waals surface area contributed by atoms with Crippen LogP contribution in [0.25, 0.3) is 0 Å². The average Bonchev–Trinajstić information content (AvgIpc) is 2.58. The van der Waals surface area contributed by atoms with E-state index in [1.165, 1.54) is 0 Å². The van der Waals surface area contributed by atoms with Crippen LogP contribution in [0.3, 0.4) is 0 Å². The standard InChI is InChI=1S/C17H25NO5S/c1-22-15-3-5-16(6-4-15)23-13-14-7-10-18(11-8-14)17(19)9-12-24(2,20)21/h3-6,14H,7-13H2,1-2H3. The average molecular weight is 355 g/mol. The van der Waals surface area contributed by atoms with Gasteiger partial charge in [-0.25, -0.2) is 8.42 Å². The monoisotopic (exact) mass is 355 g/mol. The maximum atomic E-state index is 12.0. The number of amides is 1. The first-order chi connectivity index (χ1) is 11.4. The molecule has 24 heavy (non-hydrogen) atoms. The van der Waals surface area contributed by atoms with Crippen molar-refractivity contribution in [2.24, 2.45) is 5.92 Å². The summed E-state index contributed by atoms with van der Waals surface area (Å²) in [5.74, 6) is 1.86. The van der Waals surface area contributed by atoms with Crippen molar-refractivity contribution in [1.82, 2.24) is 4.90 Å². The topological polar surface area (TPSA) is 72.9 Å². The van der Waals surface area contributed by atoms with E-state index < -0.39 is 9.84 Å². The van der Waals surface area contributed by atoms with Gasteiger partial charge in [0.05, 0.1) is 19.5 Å². The molecule has 1 saturated heterocycles.